The Hall–Kier alpha value is -2.59. The van der Waals surface area contributed by atoms with Gasteiger partial charge in [-0.2, -0.15) is 8.78 Å². The SMILES string of the molecule is O=c1ccn([C@@H]2O[C@H](COP(=O)(O)C(F)(F)P(=O)(O)O)C(O)C2O)c(=O)n1Cc1noc2ccccc12. The van der Waals surface area contributed by atoms with Gasteiger partial charge in [0, 0.05) is 17.6 Å². The first-order valence-electron chi connectivity index (χ1n) is 10.2. The smallest absolute Gasteiger partial charge is 0.387 e. The maximum absolute atomic E-state index is 13.6. The topological polar surface area (TPSA) is 224 Å². The van der Waals surface area contributed by atoms with E-state index in [0.717, 1.165) is 16.8 Å². The Kier molecular flexibility index (Phi) is 7.13. The Labute approximate surface area is 203 Å². The molecule has 19 heteroatoms. The van der Waals surface area contributed by atoms with Gasteiger partial charge in [-0.15, -0.1) is 0 Å². The second kappa shape index (κ2) is 9.62. The van der Waals surface area contributed by atoms with Gasteiger partial charge in [0.25, 0.3) is 5.56 Å². The van der Waals surface area contributed by atoms with Crippen molar-refractivity contribution in [1.29, 1.82) is 0 Å². The van der Waals surface area contributed by atoms with Gasteiger partial charge in [0.15, 0.2) is 11.8 Å². The maximum atomic E-state index is 13.6. The van der Waals surface area contributed by atoms with Crippen LogP contribution in [0.25, 0.3) is 11.0 Å². The van der Waals surface area contributed by atoms with Crippen molar-refractivity contribution >= 4 is 26.2 Å². The van der Waals surface area contributed by atoms with Crippen molar-refractivity contribution in [1.82, 2.24) is 14.3 Å². The summed E-state index contributed by atoms with van der Waals surface area (Å²) < 4.78 is 65.8. The summed E-state index contributed by atoms with van der Waals surface area (Å²) in [5.74, 6) is 0. The predicted molar refractivity (Wildman–Crippen MR) is 117 cm³/mol. The second-order valence-corrected chi connectivity index (χ2v) is 11.8. The van der Waals surface area contributed by atoms with Crippen LogP contribution in [0.2, 0.25) is 0 Å². The number of hydrogen-bond acceptors (Lipinski definition) is 10. The molecule has 0 spiro atoms. The number of benzene rings is 1. The molecular formula is C18H19F2N3O12P2. The number of nitrogens with zero attached hydrogens (tertiary/aromatic N) is 3. The first kappa shape index (κ1) is 27.4. The number of aliphatic hydroxyl groups excluding tert-OH is 2. The Morgan fingerprint density at radius 1 is 1.08 bits per heavy atom. The summed E-state index contributed by atoms with van der Waals surface area (Å²) in [6, 6.07) is 7.58. The Bertz CT molecular complexity index is 1530. The third-order valence-electron chi connectivity index (χ3n) is 5.57. The van der Waals surface area contributed by atoms with Gasteiger partial charge in [0.2, 0.25) is 0 Å². The standard InChI is InChI=1S/C18H19F2N3O12P2/c19-18(20,36(28,29)30)37(31,32)33-8-12-14(25)15(26)16(34-12)22-6-5-13(24)23(17(22)27)7-10-9-3-1-2-4-11(9)35-21-10/h1-6,12,14-16,25-26H,7-8H2,(H,31,32)(H2,28,29,30)/t12-,14?,15?,16-/m1/s1. The van der Waals surface area contributed by atoms with E-state index in [4.69, 9.17) is 19.0 Å². The molecule has 4 rings (SSSR count). The fourth-order valence-electron chi connectivity index (χ4n) is 3.59. The van der Waals surface area contributed by atoms with Crippen LogP contribution in [0.4, 0.5) is 8.78 Å². The zero-order valence-corrected chi connectivity index (χ0v) is 20.1. The summed E-state index contributed by atoms with van der Waals surface area (Å²) in [4.78, 5) is 52.1. The highest BCUT2D eigenvalue weighted by Crippen LogP contribution is 2.73. The molecule has 0 saturated carbocycles. The number of hydrogen-bond donors (Lipinski definition) is 5. The van der Waals surface area contributed by atoms with Crippen molar-refractivity contribution in [3.63, 3.8) is 0 Å². The molecule has 3 heterocycles. The monoisotopic (exact) mass is 569 g/mol. The van der Waals surface area contributed by atoms with Crippen LogP contribution in [0.1, 0.15) is 11.9 Å². The van der Waals surface area contributed by atoms with E-state index in [0.29, 0.717) is 15.5 Å². The third-order valence-corrected chi connectivity index (χ3v) is 8.99. The Morgan fingerprint density at radius 3 is 2.43 bits per heavy atom. The fourth-order valence-corrected chi connectivity index (χ4v) is 5.58. The highest BCUT2D eigenvalue weighted by molar-refractivity contribution is 7.72. The van der Waals surface area contributed by atoms with Gasteiger partial charge < -0.3 is 38.7 Å². The van der Waals surface area contributed by atoms with Crippen molar-refractivity contribution in [2.75, 3.05) is 6.61 Å². The van der Waals surface area contributed by atoms with Crippen LogP contribution in [-0.2, 0) is 24.9 Å². The van der Waals surface area contributed by atoms with Gasteiger partial charge in [-0.3, -0.25) is 23.1 Å². The van der Waals surface area contributed by atoms with Gasteiger partial charge in [0.1, 0.15) is 24.0 Å². The molecule has 1 saturated heterocycles. The molecule has 1 aliphatic rings. The molecule has 5 N–H and O–H groups in total. The minimum atomic E-state index is -6.41. The van der Waals surface area contributed by atoms with Crippen LogP contribution < -0.4 is 11.2 Å². The van der Waals surface area contributed by atoms with Crippen molar-refractivity contribution in [2.45, 2.75) is 36.5 Å². The number of alkyl halides is 2. The van der Waals surface area contributed by atoms with Crippen LogP contribution in [0.3, 0.4) is 0 Å². The van der Waals surface area contributed by atoms with E-state index in [2.05, 4.69) is 9.68 Å². The lowest BCUT2D eigenvalue weighted by molar-refractivity contribution is -0.0551. The summed E-state index contributed by atoms with van der Waals surface area (Å²) in [6.45, 7) is -1.67. The number of aliphatic hydroxyl groups is 2. The fraction of sp³-hybridized carbons (Fsp3) is 0.389. The van der Waals surface area contributed by atoms with Crippen LogP contribution in [0, 0.1) is 0 Å². The lowest BCUT2D eigenvalue weighted by Gasteiger charge is -2.24. The summed E-state index contributed by atoms with van der Waals surface area (Å²) >= 11 is 0. The number of halogens is 2. The van der Waals surface area contributed by atoms with E-state index in [1.165, 1.54) is 0 Å². The van der Waals surface area contributed by atoms with Crippen molar-refractivity contribution in [3.05, 3.63) is 63.1 Å². The third kappa shape index (κ3) is 4.85. The van der Waals surface area contributed by atoms with E-state index in [-0.39, 0.29) is 12.2 Å². The van der Waals surface area contributed by atoms with Crippen LogP contribution in [0.15, 0.2) is 50.6 Å². The van der Waals surface area contributed by atoms with E-state index in [1.54, 1.807) is 24.3 Å². The van der Waals surface area contributed by atoms with Crippen LogP contribution in [-0.4, -0.2) is 69.5 Å². The van der Waals surface area contributed by atoms with Gasteiger partial charge in [0.05, 0.1) is 13.2 Å². The van der Waals surface area contributed by atoms with Gasteiger partial charge >= 0.3 is 26.3 Å². The highest BCUT2D eigenvalue weighted by Gasteiger charge is 2.65. The van der Waals surface area contributed by atoms with Crippen molar-refractivity contribution in [3.8, 4) is 0 Å². The van der Waals surface area contributed by atoms with E-state index < -0.39 is 63.0 Å². The first-order chi connectivity index (χ1) is 17.2. The number of rotatable bonds is 8. The molecule has 202 valence electrons. The van der Waals surface area contributed by atoms with Crippen LogP contribution in [0.5, 0.6) is 0 Å². The molecule has 15 nitrogen and oxygen atoms in total. The zero-order valence-electron chi connectivity index (χ0n) is 18.3. The predicted octanol–water partition coefficient (Wildman–Crippen LogP) is -0.251. The number of aromatic nitrogens is 3. The summed E-state index contributed by atoms with van der Waals surface area (Å²) in [6.07, 6.45) is -6.44. The Morgan fingerprint density at radius 2 is 1.76 bits per heavy atom. The zero-order chi connectivity index (χ0) is 27.3. The van der Waals surface area contributed by atoms with E-state index >= 15 is 0 Å². The van der Waals surface area contributed by atoms with E-state index in [9.17, 15) is 42.6 Å². The normalized spacial score (nSPS) is 24.4. The summed E-state index contributed by atoms with van der Waals surface area (Å²) in [5.41, 5.74) is -1.16. The molecule has 5 atom stereocenters. The van der Waals surface area contributed by atoms with Crippen molar-refractivity contribution < 1.29 is 56.6 Å². The molecule has 3 aromatic rings. The average Bonchev–Trinajstić information content (AvgIpc) is 3.35. The molecular weight excluding hydrogens is 550 g/mol. The molecule has 0 radical (unpaired) electrons. The van der Waals surface area contributed by atoms with E-state index in [1.807, 2.05) is 0 Å². The molecule has 1 aliphatic heterocycles. The van der Waals surface area contributed by atoms with Gasteiger partial charge in [-0.1, -0.05) is 17.3 Å². The summed E-state index contributed by atoms with van der Waals surface area (Å²) in [7, 11) is -12.7. The second-order valence-electron chi connectivity index (χ2n) is 7.97. The lowest BCUT2D eigenvalue weighted by atomic mass is 10.1. The quantitative estimate of drug-likeness (QED) is 0.221. The summed E-state index contributed by atoms with van der Waals surface area (Å²) in [5, 5.41) is 19.5. The largest absolute Gasteiger partial charge is 0.443 e. The molecule has 1 fully saturated rings. The average molecular weight is 569 g/mol. The molecule has 37 heavy (non-hydrogen) atoms. The first-order valence-corrected chi connectivity index (χ1v) is 13.4. The minimum Gasteiger partial charge on any atom is -0.387 e. The number of ether oxygens (including phenoxy) is 1. The molecule has 0 bridgehead atoms. The molecule has 0 aliphatic carbocycles. The molecule has 3 unspecified atom stereocenters. The molecule has 0 amide bonds. The van der Waals surface area contributed by atoms with Gasteiger partial charge in [-0.25, -0.2) is 4.79 Å². The highest BCUT2D eigenvalue weighted by atomic mass is 31.2. The number of fused-ring (bicyclic) bond motifs is 1. The lowest BCUT2D eigenvalue weighted by Crippen LogP contribution is -2.43. The van der Waals surface area contributed by atoms with Crippen LogP contribution >= 0.6 is 15.2 Å². The molecule has 1 aromatic carbocycles. The number of para-hydroxylation sites is 1. The van der Waals surface area contributed by atoms with Gasteiger partial charge in [-0.05, 0) is 12.1 Å². The minimum absolute atomic E-state index is 0.233. The van der Waals surface area contributed by atoms with Crippen molar-refractivity contribution in [2.24, 2.45) is 0 Å². The Balaban J connectivity index is 1.57. The maximum Gasteiger partial charge on any atom is 0.443 e. The molecule has 2 aromatic heterocycles.